The quantitative estimate of drug-likeness (QED) is 0.509. The Labute approximate surface area is 105 Å². The van der Waals surface area contributed by atoms with Crippen molar-refractivity contribution in [1.82, 2.24) is 5.32 Å². The van der Waals surface area contributed by atoms with Gasteiger partial charge in [0.2, 0.25) is 5.91 Å². The smallest absolute Gasteiger partial charge is 0.220 e. The van der Waals surface area contributed by atoms with Gasteiger partial charge in [-0.25, -0.2) is 0 Å². The fourth-order valence-corrected chi connectivity index (χ4v) is 1.84. The average molecular weight is 244 g/mol. The lowest BCUT2D eigenvalue weighted by Gasteiger charge is -2.13. The number of nitrogens with one attached hydrogen (secondary N) is 1. The summed E-state index contributed by atoms with van der Waals surface area (Å²) in [6.45, 7) is 5.27. The van der Waals surface area contributed by atoms with Gasteiger partial charge in [0.15, 0.2) is 0 Å². The molecule has 0 spiro atoms. The molecule has 4 nitrogen and oxygen atoms in total. The minimum absolute atomic E-state index is 0.117. The van der Waals surface area contributed by atoms with Crippen molar-refractivity contribution in [3.63, 3.8) is 0 Å². The normalized spacial score (nSPS) is 14.4. The summed E-state index contributed by atoms with van der Waals surface area (Å²) in [6.07, 6.45) is 4.91. The number of hydrogen-bond donors (Lipinski definition) is 3. The van der Waals surface area contributed by atoms with Gasteiger partial charge in [0, 0.05) is 13.0 Å². The third-order valence-electron chi connectivity index (χ3n) is 3.05. The van der Waals surface area contributed by atoms with Crippen LogP contribution in [0.4, 0.5) is 0 Å². The maximum Gasteiger partial charge on any atom is 0.220 e. The van der Waals surface area contributed by atoms with E-state index in [0.717, 1.165) is 32.1 Å². The van der Waals surface area contributed by atoms with Crippen LogP contribution < -0.4 is 11.1 Å². The highest BCUT2D eigenvalue weighted by Crippen LogP contribution is 2.14. The maximum atomic E-state index is 11.5. The Balaban J connectivity index is 3.51. The van der Waals surface area contributed by atoms with Gasteiger partial charge in [-0.2, -0.15) is 0 Å². The Morgan fingerprint density at radius 2 is 2.06 bits per heavy atom. The molecule has 0 aromatic rings. The molecule has 1 amide bonds. The maximum absolute atomic E-state index is 11.5. The van der Waals surface area contributed by atoms with Gasteiger partial charge in [-0.3, -0.25) is 4.79 Å². The highest BCUT2D eigenvalue weighted by molar-refractivity contribution is 5.75. The number of amides is 1. The van der Waals surface area contributed by atoms with Crippen molar-refractivity contribution in [2.45, 2.75) is 58.5 Å². The summed E-state index contributed by atoms with van der Waals surface area (Å²) >= 11 is 0. The minimum Gasteiger partial charge on any atom is -0.393 e. The van der Waals surface area contributed by atoms with Crippen molar-refractivity contribution in [2.75, 3.05) is 13.1 Å². The Morgan fingerprint density at radius 1 is 1.35 bits per heavy atom. The standard InChI is InChI=1S/C13H28N2O2/c1-3-12(8-9-14)6-7-13(17)15-10-4-5-11(2)16/h11-12,16H,3-10,14H2,1-2H3,(H,15,17). The van der Waals surface area contributed by atoms with E-state index in [1.807, 2.05) is 0 Å². The summed E-state index contributed by atoms with van der Waals surface area (Å²) in [7, 11) is 0. The van der Waals surface area contributed by atoms with E-state index in [1.165, 1.54) is 0 Å². The number of hydrogen-bond acceptors (Lipinski definition) is 3. The predicted molar refractivity (Wildman–Crippen MR) is 70.6 cm³/mol. The first-order valence-corrected chi connectivity index (χ1v) is 6.75. The van der Waals surface area contributed by atoms with E-state index in [9.17, 15) is 4.79 Å². The molecule has 0 aromatic heterocycles. The lowest BCUT2D eigenvalue weighted by Crippen LogP contribution is -2.25. The molecule has 0 aliphatic heterocycles. The number of carbonyl (C=O) groups excluding carboxylic acids is 1. The summed E-state index contributed by atoms with van der Waals surface area (Å²) in [5.74, 6) is 0.689. The Bertz CT molecular complexity index is 196. The first kappa shape index (κ1) is 16.4. The van der Waals surface area contributed by atoms with Crippen molar-refractivity contribution < 1.29 is 9.90 Å². The van der Waals surface area contributed by atoms with Gasteiger partial charge < -0.3 is 16.2 Å². The Kier molecular flexibility index (Phi) is 10.2. The van der Waals surface area contributed by atoms with E-state index in [-0.39, 0.29) is 12.0 Å². The van der Waals surface area contributed by atoms with E-state index in [1.54, 1.807) is 6.92 Å². The molecule has 102 valence electrons. The van der Waals surface area contributed by atoms with Gasteiger partial charge in [-0.1, -0.05) is 13.3 Å². The molecule has 0 bridgehead atoms. The van der Waals surface area contributed by atoms with E-state index in [4.69, 9.17) is 10.8 Å². The average Bonchev–Trinajstić information content (AvgIpc) is 2.29. The van der Waals surface area contributed by atoms with Crippen LogP contribution in [0.1, 0.15) is 52.4 Å². The first-order chi connectivity index (χ1) is 8.10. The second-order valence-electron chi connectivity index (χ2n) is 4.73. The number of aliphatic hydroxyl groups is 1. The second kappa shape index (κ2) is 10.5. The van der Waals surface area contributed by atoms with Gasteiger partial charge in [-0.15, -0.1) is 0 Å². The number of aliphatic hydroxyl groups excluding tert-OH is 1. The lowest BCUT2D eigenvalue weighted by molar-refractivity contribution is -0.121. The number of carbonyl (C=O) groups is 1. The molecule has 0 fully saturated rings. The molecule has 2 atom stereocenters. The molecule has 4 N–H and O–H groups in total. The van der Waals surface area contributed by atoms with E-state index >= 15 is 0 Å². The minimum atomic E-state index is -0.277. The molecule has 0 heterocycles. The summed E-state index contributed by atoms with van der Waals surface area (Å²) in [4.78, 5) is 11.5. The molecular formula is C13H28N2O2. The van der Waals surface area contributed by atoms with Gasteiger partial charge in [0.05, 0.1) is 6.10 Å². The molecular weight excluding hydrogens is 216 g/mol. The molecule has 4 heteroatoms. The molecule has 0 radical (unpaired) electrons. The van der Waals surface area contributed by atoms with Gasteiger partial charge in [-0.05, 0) is 45.1 Å². The lowest BCUT2D eigenvalue weighted by atomic mass is 9.96. The number of nitrogens with two attached hydrogens (primary N) is 1. The number of rotatable bonds is 10. The summed E-state index contributed by atoms with van der Waals surface area (Å²) in [5, 5.41) is 11.9. The van der Waals surface area contributed by atoms with Crippen molar-refractivity contribution in [3.8, 4) is 0 Å². The summed E-state index contributed by atoms with van der Waals surface area (Å²) in [5.41, 5.74) is 5.51. The van der Waals surface area contributed by atoms with Crippen molar-refractivity contribution in [3.05, 3.63) is 0 Å². The molecule has 0 aromatic carbocycles. The fraction of sp³-hybridized carbons (Fsp3) is 0.923. The third-order valence-corrected chi connectivity index (χ3v) is 3.05. The molecule has 0 saturated carbocycles. The topological polar surface area (TPSA) is 75.4 Å². The van der Waals surface area contributed by atoms with Gasteiger partial charge in [0.25, 0.3) is 0 Å². The SMILES string of the molecule is CCC(CCN)CCC(=O)NCCCC(C)O. The highest BCUT2D eigenvalue weighted by atomic mass is 16.3. The van der Waals surface area contributed by atoms with E-state index in [2.05, 4.69) is 12.2 Å². The highest BCUT2D eigenvalue weighted by Gasteiger charge is 2.08. The Morgan fingerprint density at radius 3 is 2.59 bits per heavy atom. The zero-order valence-corrected chi connectivity index (χ0v) is 11.2. The van der Waals surface area contributed by atoms with Crippen LogP contribution in [0.3, 0.4) is 0 Å². The van der Waals surface area contributed by atoms with Crippen LogP contribution in [0.5, 0.6) is 0 Å². The summed E-state index contributed by atoms with van der Waals surface area (Å²) < 4.78 is 0. The van der Waals surface area contributed by atoms with Crippen molar-refractivity contribution >= 4 is 5.91 Å². The molecule has 2 unspecified atom stereocenters. The zero-order chi connectivity index (χ0) is 13.1. The van der Waals surface area contributed by atoms with Crippen LogP contribution in [-0.2, 0) is 4.79 Å². The largest absolute Gasteiger partial charge is 0.393 e. The monoisotopic (exact) mass is 244 g/mol. The zero-order valence-electron chi connectivity index (χ0n) is 11.2. The third kappa shape index (κ3) is 10.3. The van der Waals surface area contributed by atoms with Crippen molar-refractivity contribution in [2.24, 2.45) is 11.7 Å². The van der Waals surface area contributed by atoms with Crippen LogP contribution in [-0.4, -0.2) is 30.2 Å². The molecule has 0 aliphatic rings. The van der Waals surface area contributed by atoms with E-state index < -0.39 is 0 Å². The first-order valence-electron chi connectivity index (χ1n) is 6.75. The molecule has 17 heavy (non-hydrogen) atoms. The summed E-state index contributed by atoms with van der Waals surface area (Å²) in [6, 6.07) is 0. The van der Waals surface area contributed by atoms with Crippen LogP contribution in [0.2, 0.25) is 0 Å². The van der Waals surface area contributed by atoms with Crippen LogP contribution in [0, 0.1) is 5.92 Å². The predicted octanol–water partition coefficient (Wildman–Crippen LogP) is 1.42. The van der Waals surface area contributed by atoms with Crippen molar-refractivity contribution in [1.29, 1.82) is 0 Å². The van der Waals surface area contributed by atoms with Gasteiger partial charge >= 0.3 is 0 Å². The van der Waals surface area contributed by atoms with Gasteiger partial charge in [0.1, 0.15) is 0 Å². The Hall–Kier alpha value is -0.610. The van der Waals surface area contributed by atoms with E-state index in [0.29, 0.717) is 25.4 Å². The fourth-order valence-electron chi connectivity index (χ4n) is 1.84. The van der Waals surface area contributed by atoms with Crippen LogP contribution >= 0.6 is 0 Å². The second-order valence-corrected chi connectivity index (χ2v) is 4.73. The van der Waals surface area contributed by atoms with Crippen LogP contribution in [0.25, 0.3) is 0 Å². The van der Waals surface area contributed by atoms with Crippen LogP contribution in [0.15, 0.2) is 0 Å². The molecule has 0 saturated heterocycles. The molecule has 0 aliphatic carbocycles. The molecule has 0 rings (SSSR count).